The van der Waals surface area contributed by atoms with Gasteiger partial charge in [-0.3, -0.25) is 9.59 Å². The van der Waals surface area contributed by atoms with Gasteiger partial charge >= 0.3 is 0 Å². The smallest absolute Gasteiger partial charge is 0.234 e. The Hall–Kier alpha value is -1.49. The molecule has 0 aliphatic carbocycles. The number of carbonyl (C=O) groups excluding carboxylic acids is 2. The van der Waals surface area contributed by atoms with Crippen molar-refractivity contribution in [1.82, 2.24) is 9.80 Å². The summed E-state index contributed by atoms with van der Waals surface area (Å²) in [7, 11) is 0. The zero-order chi connectivity index (χ0) is 17.0. The molecule has 0 N–H and O–H groups in total. The van der Waals surface area contributed by atoms with Crippen LogP contribution in [0.1, 0.15) is 44.6 Å². The van der Waals surface area contributed by atoms with Gasteiger partial charge in [-0.15, -0.1) is 11.8 Å². The number of nitrogens with zero attached hydrogens (tertiary/aromatic N) is 2. The largest absolute Gasteiger partial charge is 0.342 e. The Labute approximate surface area is 148 Å². The monoisotopic (exact) mass is 346 g/mol. The number of thioether (sulfide) groups is 1. The minimum absolute atomic E-state index is 0.117. The molecule has 2 aliphatic rings. The maximum absolute atomic E-state index is 12.4. The molecule has 0 saturated carbocycles. The predicted molar refractivity (Wildman–Crippen MR) is 97.5 cm³/mol. The third-order valence-electron chi connectivity index (χ3n) is 5.08. The molecule has 0 aromatic heterocycles. The molecule has 5 heteroatoms. The molecule has 2 saturated heterocycles. The van der Waals surface area contributed by atoms with Crippen LogP contribution in [-0.2, 0) is 16.1 Å². The van der Waals surface area contributed by atoms with Gasteiger partial charge in [0.2, 0.25) is 11.8 Å². The van der Waals surface area contributed by atoms with Crippen molar-refractivity contribution in [2.24, 2.45) is 0 Å². The fraction of sp³-hybridized carbons (Fsp3) is 0.579. The first-order valence-electron chi connectivity index (χ1n) is 8.91. The minimum atomic E-state index is -0.117. The van der Waals surface area contributed by atoms with Gasteiger partial charge in [0.1, 0.15) is 0 Å². The van der Waals surface area contributed by atoms with E-state index < -0.39 is 0 Å². The molecule has 2 aliphatic heterocycles. The van der Waals surface area contributed by atoms with Crippen LogP contribution in [0.2, 0.25) is 0 Å². The van der Waals surface area contributed by atoms with E-state index in [1.807, 2.05) is 23.1 Å². The number of hydrogen-bond acceptors (Lipinski definition) is 3. The van der Waals surface area contributed by atoms with Gasteiger partial charge in [-0.2, -0.15) is 0 Å². The lowest BCUT2D eigenvalue weighted by Crippen LogP contribution is -2.52. The van der Waals surface area contributed by atoms with E-state index in [2.05, 4.69) is 24.0 Å². The normalized spacial score (nSPS) is 20.0. The van der Waals surface area contributed by atoms with Gasteiger partial charge < -0.3 is 9.80 Å². The number of likely N-dealkylation sites (tertiary alicyclic amines) is 1. The summed E-state index contributed by atoms with van der Waals surface area (Å²) in [4.78, 5) is 28.6. The highest BCUT2D eigenvalue weighted by Gasteiger charge is 2.48. The lowest BCUT2D eigenvalue weighted by molar-refractivity contribution is -0.135. The van der Waals surface area contributed by atoms with E-state index in [-0.39, 0.29) is 16.7 Å². The number of benzene rings is 1. The Bertz CT molecular complexity index is 582. The molecule has 1 aromatic carbocycles. The van der Waals surface area contributed by atoms with E-state index >= 15 is 0 Å². The highest BCUT2D eigenvalue weighted by atomic mass is 32.2. The topological polar surface area (TPSA) is 40.6 Å². The van der Waals surface area contributed by atoms with Crippen LogP contribution in [-0.4, -0.2) is 45.3 Å². The molecule has 0 atom stereocenters. The molecule has 1 aromatic rings. The lowest BCUT2D eigenvalue weighted by Gasteiger charge is -2.44. The average molecular weight is 346 g/mol. The van der Waals surface area contributed by atoms with Gasteiger partial charge in [-0.25, -0.2) is 0 Å². The predicted octanol–water partition coefficient (Wildman–Crippen LogP) is 3.27. The number of piperidine rings is 1. The van der Waals surface area contributed by atoms with Crippen molar-refractivity contribution >= 4 is 23.6 Å². The van der Waals surface area contributed by atoms with E-state index in [0.717, 1.165) is 38.8 Å². The Kier molecular flexibility index (Phi) is 5.49. The van der Waals surface area contributed by atoms with E-state index in [1.54, 1.807) is 11.8 Å². The first-order valence-corrected chi connectivity index (χ1v) is 9.89. The number of unbranched alkanes of at least 4 members (excludes halogenated alkanes) is 1. The summed E-state index contributed by atoms with van der Waals surface area (Å²) in [6.45, 7) is 4.33. The molecule has 0 unspecified atom stereocenters. The van der Waals surface area contributed by atoms with Crippen LogP contribution in [0.5, 0.6) is 0 Å². The van der Waals surface area contributed by atoms with Crippen molar-refractivity contribution in [3.05, 3.63) is 35.9 Å². The Morgan fingerprint density at radius 2 is 1.92 bits per heavy atom. The highest BCUT2D eigenvalue weighted by molar-refractivity contribution is 8.01. The quantitative estimate of drug-likeness (QED) is 0.821. The van der Waals surface area contributed by atoms with Crippen LogP contribution in [0.25, 0.3) is 0 Å². The van der Waals surface area contributed by atoms with Crippen molar-refractivity contribution in [3.63, 3.8) is 0 Å². The number of rotatable bonds is 5. The van der Waals surface area contributed by atoms with Crippen molar-refractivity contribution in [1.29, 1.82) is 0 Å². The van der Waals surface area contributed by atoms with Crippen LogP contribution < -0.4 is 0 Å². The number of carbonyl (C=O) groups is 2. The van der Waals surface area contributed by atoms with Gasteiger partial charge in [0.15, 0.2) is 0 Å². The summed E-state index contributed by atoms with van der Waals surface area (Å²) >= 11 is 1.77. The number of hydrogen-bond donors (Lipinski definition) is 0. The summed E-state index contributed by atoms with van der Waals surface area (Å²) in [5.41, 5.74) is 1.18. The lowest BCUT2D eigenvalue weighted by atomic mass is 10.0. The van der Waals surface area contributed by atoms with E-state index in [0.29, 0.717) is 18.7 Å². The summed E-state index contributed by atoms with van der Waals surface area (Å²) in [5, 5.41) is 0. The standard InChI is InChI=1S/C19H26N2O2S/c1-2-3-9-17(22)20-12-10-19(11-13-20)21(18(23)15-24-19)14-16-7-5-4-6-8-16/h4-8H,2-3,9-15H2,1H3. The maximum atomic E-state index is 12.4. The molecule has 4 nitrogen and oxygen atoms in total. The van der Waals surface area contributed by atoms with Gasteiger partial charge in [-0.05, 0) is 24.8 Å². The summed E-state index contributed by atoms with van der Waals surface area (Å²) in [5.74, 6) is 1.07. The fourth-order valence-corrected chi connectivity index (χ4v) is 4.92. The Balaban J connectivity index is 1.65. The average Bonchev–Trinajstić information content (AvgIpc) is 2.91. The number of amides is 2. The van der Waals surface area contributed by atoms with E-state index in [9.17, 15) is 9.59 Å². The van der Waals surface area contributed by atoms with Crippen LogP contribution in [0.3, 0.4) is 0 Å². The van der Waals surface area contributed by atoms with Crippen LogP contribution >= 0.6 is 11.8 Å². The molecule has 24 heavy (non-hydrogen) atoms. The van der Waals surface area contributed by atoms with Gasteiger partial charge in [0.05, 0.1) is 10.6 Å². The molecule has 2 fully saturated rings. The van der Waals surface area contributed by atoms with Gasteiger partial charge in [-0.1, -0.05) is 43.7 Å². The molecular formula is C19H26N2O2S. The molecule has 130 valence electrons. The van der Waals surface area contributed by atoms with Crippen molar-refractivity contribution in [2.75, 3.05) is 18.8 Å². The van der Waals surface area contributed by atoms with E-state index in [4.69, 9.17) is 0 Å². The molecule has 2 amide bonds. The van der Waals surface area contributed by atoms with Crippen molar-refractivity contribution in [2.45, 2.75) is 50.4 Å². The van der Waals surface area contributed by atoms with Crippen LogP contribution in [0, 0.1) is 0 Å². The Morgan fingerprint density at radius 3 is 2.58 bits per heavy atom. The minimum Gasteiger partial charge on any atom is -0.342 e. The molecular weight excluding hydrogens is 320 g/mol. The van der Waals surface area contributed by atoms with Crippen LogP contribution in [0.15, 0.2) is 30.3 Å². The second-order valence-electron chi connectivity index (χ2n) is 6.68. The first-order chi connectivity index (χ1) is 11.6. The second-order valence-corrected chi connectivity index (χ2v) is 8.02. The Morgan fingerprint density at radius 1 is 1.21 bits per heavy atom. The fourth-order valence-electron chi connectivity index (χ4n) is 3.58. The molecule has 0 bridgehead atoms. The SMILES string of the molecule is CCCCC(=O)N1CCC2(CC1)SCC(=O)N2Cc1ccccc1. The van der Waals surface area contributed by atoms with Crippen molar-refractivity contribution < 1.29 is 9.59 Å². The zero-order valence-corrected chi connectivity index (χ0v) is 15.2. The van der Waals surface area contributed by atoms with E-state index in [1.165, 1.54) is 5.56 Å². The third-order valence-corrected chi connectivity index (χ3v) is 6.64. The highest BCUT2D eigenvalue weighted by Crippen LogP contribution is 2.45. The second kappa shape index (κ2) is 7.60. The summed E-state index contributed by atoms with van der Waals surface area (Å²) in [6, 6.07) is 10.2. The maximum Gasteiger partial charge on any atom is 0.234 e. The van der Waals surface area contributed by atoms with Crippen LogP contribution in [0.4, 0.5) is 0 Å². The van der Waals surface area contributed by atoms with Crippen molar-refractivity contribution in [3.8, 4) is 0 Å². The first kappa shape index (κ1) is 17.3. The third kappa shape index (κ3) is 3.61. The van der Waals surface area contributed by atoms with Gasteiger partial charge in [0.25, 0.3) is 0 Å². The summed E-state index contributed by atoms with van der Waals surface area (Å²) < 4.78 is 0. The van der Waals surface area contributed by atoms with Gasteiger partial charge in [0, 0.05) is 26.1 Å². The molecule has 1 spiro atoms. The molecule has 3 rings (SSSR count). The summed E-state index contributed by atoms with van der Waals surface area (Å²) in [6.07, 6.45) is 4.44. The zero-order valence-electron chi connectivity index (χ0n) is 14.4. The molecule has 0 radical (unpaired) electrons. The molecule has 2 heterocycles.